The van der Waals surface area contributed by atoms with Crippen molar-refractivity contribution in [3.63, 3.8) is 0 Å². The van der Waals surface area contributed by atoms with E-state index in [1.165, 1.54) is 19.2 Å². The van der Waals surface area contributed by atoms with Crippen LogP contribution in [0.15, 0.2) is 12.3 Å². The van der Waals surface area contributed by atoms with Crippen molar-refractivity contribution in [2.45, 2.75) is 25.9 Å². The van der Waals surface area contributed by atoms with Crippen LogP contribution in [0.2, 0.25) is 0 Å². The van der Waals surface area contributed by atoms with E-state index in [-0.39, 0.29) is 18.1 Å². The van der Waals surface area contributed by atoms with Gasteiger partial charge >= 0.3 is 12.3 Å². The van der Waals surface area contributed by atoms with Crippen LogP contribution < -0.4 is 4.74 Å². The molecule has 0 aliphatic rings. The van der Waals surface area contributed by atoms with E-state index >= 15 is 0 Å². The van der Waals surface area contributed by atoms with Crippen LogP contribution in [0.3, 0.4) is 0 Å². The molecule has 1 aromatic rings. The van der Waals surface area contributed by atoms with E-state index in [4.69, 9.17) is 5.11 Å². The van der Waals surface area contributed by atoms with Gasteiger partial charge < -0.3 is 9.84 Å². The van der Waals surface area contributed by atoms with Crippen LogP contribution in [0.5, 0.6) is 5.75 Å². The summed E-state index contributed by atoms with van der Waals surface area (Å²) in [6.45, 7) is -0.303. The first-order valence-corrected chi connectivity index (χ1v) is 4.72. The van der Waals surface area contributed by atoms with Crippen molar-refractivity contribution in [2.75, 3.05) is 6.61 Å². The highest BCUT2D eigenvalue weighted by atomic mass is 19.3. The molecule has 0 unspecified atom stereocenters. The molecule has 0 spiro atoms. The monoisotopic (exact) mass is 253 g/mol. The van der Waals surface area contributed by atoms with E-state index in [9.17, 15) is 17.6 Å². The number of pyridine rings is 1. The number of aromatic nitrogens is 1. The maximum absolute atomic E-state index is 12.6. The zero-order valence-electron chi connectivity index (χ0n) is 8.96. The average molecular weight is 253 g/mol. The van der Waals surface area contributed by atoms with Crippen molar-refractivity contribution in [3.8, 4) is 5.75 Å². The summed E-state index contributed by atoms with van der Waals surface area (Å²) in [6.07, 6.45) is -2.53. The first kappa shape index (κ1) is 13.7. The lowest BCUT2D eigenvalue weighted by molar-refractivity contribution is -0.148. The topological polar surface area (TPSA) is 42.4 Å². The summed E-state index contributed by atoms with van der Waals surface area (Å²) in [4.78, 5) is 3.77. The van der Waals surface area contributed by atoms with Crippen LogP contribution in [-0.2, 0) is 6.61 Å². The molecule has 1 N–H and O–H groups in total. The van der Waals surface area contributed by atoms with Crippen LogP contribution in [0, 0.1) is 6.92 Å². The normalized spacial score (nSPS) is 11.9. The number of aliphatic hydroxyl groups is 1. The van der Waals surface area contributed by atoms with Crippen LogP contribution in [0.4, 0.5) is 17.6 Å². The van der Waals surface area contributed by atoms with Crippen molar-refractivity contribution in [1.82, 2.24) is 4.98 Å². The summed E-state index contributed by atoms with van der Waals surface area (Å²) >= 11 is 0. The van der Waals surface area contributed by atoms with Crippen LogP contribution in [0.25, 0.3) is 0 Å². The minimum Gasteiger partial charge on any atom is -0.487 e. The van der Waals surface area contributed by atoms with Crippen molar-refractivity contribution in [2.24, 2.45) is 0 Å². The van der Waals surface area contributed by atoms with Gasteiger partial charge in [0, 0.05) is 11.8 Å². The molecule has 17 heavy (non-hydrogen) atoms. The Balaban J connectivity index is 2.76. The summed E-state index contributed by atoms with van der Waals surface area (Å²) in [7, 11) is 0. The predicted octanol–water partition coefficient (Wildman–Crippen LogP) is 2.16. The molecular formula is C10H11F4NO2. The molecule has 0 bridgehead atoms. The lowest BCUT2D eigenvalue weighted by Crippen LogP contribution is -2.33. The smallest absolute Gasteiger partial charge is 0.340 e. The fraction of sp³-hybridized carbons (Fsp3) is 0.500. The maximum Gasteiger partial charge on any atom is 0.340 e. The Labute approximate surface area is 95.0 Å². The zero-order valence-corrected chi connectivity index (χ0v) is 8.96. The molecule has 0 aliphatic carbocycles. The highest BCUT2D eigenvalue weighted by Gasteiger charge is 2.41. The molecular weight excluding hydrogens is 242 g/mol. The number of rotatable bonds is 5. The van der Waals surface area contributed by atoms with Crippen molar-refractivity contribution < 1.29 is 27.4 Å². The molecule has 0 saturated carbocycles. The van der Waals surface area contributed by atoms with E-state index < -0.39 is 19.0 Å². The summed E-state index contributed by atoms with van der Waals surface area (Å²) in [5.74, 6) is -4.20. The molecule has 0 aromatic carbocycles. The molecule has 0 amide bonds. The minimum absolute atomic E-state index is 0.00405. The van der Waals surface area contributed by atoms with Gasteiger partial charge in [0.05, 0.1) is 12.3 Å². The predicted molar refractivity (Wildman–Crippen MR) is 51.3 cm³/mol. The highest BCUT2D eigenvalue weighted by Crippen LogP contribution is 2.26. The maximum atomic E-state index is 12.6. The Bertz CT molecular complexity index is 385. The third-order valence-electron chi connectivity index (χ3n) is 2.15. The number of hydrogen-bond acceptors (Lipinski definition) is 3. The summed E-state index contributed by atoms with van der Waals surface area (Å²) < 4.78 is 53.6. The number of aliphatic hydroxyl groups excluding tert-OH is 1. The Kier molecular flexibility index (Phi) is 4.28. The van der Waals surface area contributed by atoms with E-state index in [2.05, 4.69) is 9.72 Å². The fourth-order valence-electron chi connectivity index (χ4n) is 1.11. The van der Waals surface area contributed by atoms with Crippen molar-refractivity contribution >= 4 is 0 Å². The second-order valence-corrected chi connectivity index (χ2v) is 3.39. The standard InChI is InChI=1S/C10H11F4NO2/c1-6-7(4-16)15-3-2-8(6)17-5-10(13,14)9(11)12/h2-3,9,16H,4-5H2,1H3. The summed E-state index contributed by atoms with van der Waals surface area (Å²) in [5.41, 5.74) is 0.600. The van der Waals surface area contributed by atoms with Gasteiger partial charge in [-0.3, -0.25) is 4.98 Å². The molecule has 0 radical (unpaired) electrons. The number of ether oxygens (including phenoxy) is 1. The van der Waals surface area contributed by atoms with Crippen molar-refractivity contribution in [3.05, 3.63) is 23.5 Å². The molecule has 1 heterocycles. The van der Waals surface area contributed by atoms with Crippen molar-refractivity contribution in [1.29, 1.82) is 0 Å². The van der Waals surface area contributed by atoms with E-state index in [1.54, 1.807) is 0 Å². The molecule has 3 nitrogen and oxygen atoms in total. The Morgan fingerprint density at radius 3 is 2.65 bits per heavy atom. The molecule has 1 rings (SSSR count). The van der Waals surface area contributed by atoms with Gasteiger partial charge in [-0.05, 0) is 13.0 Å². The largest absolute Gasteiger partial charge is 0.487 e. The fourth-order valence-corrected chi connectivity index (χ4v) is 1.11. The van der Waals surface area contributed by atoms with Gasteiger partial charge in [-0.2, -0.15) is 8.78 Å². The second-order valence-electron chi connectivity index (χ2n) is 3.39. The van der Waals surface area contributed by atoms with Crippen LogP contribution in [-0.4, -0.2) is 29.0 Å². The van der Waals surface area contributed by atoms with Gasteiger partial charge in [0.25, 0.3) is 0 Å². The van der Waals surface area contributed by atoms with Gasteiger partial charge in [0.2, 0.25) is 0 Å². The zero-order chi connectivity index (χ0) is 13.1. The van der Waals surface area contributed by atoms with Gasteiger partial charge in [-0.1, -0.05) is 0 Å². The number of hydrogen-bond donors (Lipinski definition) is 1. The first-order chi connectivity index (χ1) is 7.88. The number of halogens is 4. The minimum atomic E-state index is -4.20. The molecule has 96 valence electrons. The van der Waals surface area contributed by atoms with Gasteiger partial charge in [0.1, 0.15) is 5.75 Å². The average Bonchev–Trinajstić information content (AvgIpc) is 2.27. The SMILES string of the molecule is Cc1c(OCC(F)(F)C(F)F)ccnc1CO. The highest BCUT2D eigenvalue weighted by molar-refractivity contribution is 5.34. The third kappa shape index (κ3) is 3.29. The molecule has 0 fully saturated rings. The van der Waals surface area contributed by atoms with Gasteiger partial charge in [-0.15, -0.1) is 0 Å². The number of alkyl halides is 4. The molecule has 0 atom stereocenters. The van der Waals surface area contributed by atoms with Gasteiger partial charge in [-0.25, -0.2) is 8.78 Å². The molecule has 0 aliphatic heterocycles. The lowest BCUT2D eigenvalue weighted by atomic mass is 10.2. The lowest BCUT2D eigenvalue weighted by Gasteiger charge is -2.17. The number of nitrogens with zero attached hydrogens (tertiary/aromatic N) is 1. The second kappa shape index (κ2) is 5.31. The van der Waals surface area contributed by atoms with Crippen LogP contribution in [0.1, 0.15) is 11.3 Å². The Morgan fingerprint density at radius 1 is 1.47 bits per heavy atom. The quantitative estimate of drug-likeness (QED) is 0.818. The molecule has 7 heteroatoms. The van der Waals surface area contributed by atoms with E-state index in [1.807, 2.05) is 0 Å². The third-order valence-corrected chi connectivity index (χ3v) is 2.15. The first-order valence-electron chi connectivity index (χ1n) is 4.72. The Hall–Kier alpha value is -1.37. The van der Waals surface area contributed by atoms with E-state index in [0.29, 0.717) is 5.56 Å². The molecule has 0 saturated heterocycles. The molecule has 1 aromatic heterocycles. The van der Waals surface area contributed by atoms with Crippen LogP contribution >= 0.6 is 0 Å². The van der Waals surface area contributed by atoms with E-state index in [0.717, 1.165) is 0 Å². The summed E-state index contributed by atoms with van der Waals surface area (Å²) in [5, 5.41) is 8.87. The van der Waals surface area contributed by atoms with Gasteiger partial charge in [0.15, 0.2) is 6.61 Å². The Morgan fingerprint density at radius 2 is 2.12 bits per heavy atom. The summed E-state index contributed by atoms with van der Waals surface area (Å²) in [6, 6.07) is 1.27.